The van der Waals surface area contributed by atoms with Crippen molar-refractivity contribution in [3.8, 4) is 0 Å². The smallest absolute Gasteiger partial charge is 0.0912 e. The Morgan fingerprint density at radius 2 is 1.05 bits per heavy atom. The summed E-state index contributed by atoms with van der Waals surface area (Å²) in [6, 6.07) is 0. The van der Waals surface area contributed by atoms with Crippen molar-refractivity contribution in [2.45, 2.75) is 111 Å². The van der Waals surface area contributed by atoms with Crippen LogP contribution in [-0.4, -0.2) is 29.0 Å². The fraction of sp³-hybridized carbons (Fsp3) is 1.00. The average Bonchev–Trinajstić information content (AvgIpc) is 2.26. The van der Waals surface area contributed by atoms with Crippen LogP contribution in [0.5, 0.6) is 0 Å². The van der Waals surface area contributed by atoms with Crippen molar-refractivity contribution < 1.29 is 4.74 Å². The Bertz CT molecular complexity index is 249. The molecule has 0 saturated heterocycles. The molecule has 0 N–H and O–H groups in total. The highest BCUT2D eigenvalue weighted by molar-refractivity contribution is 6.83. The third kappa shape index (κ3) is 7.31. The SMILES string of the molecule is CC(C)(C)[Si](C)(C)C.CCOC[Si](C(C)C)(C(C)C)C(C)C. The molecule has 0 aromatic rings. The standard InChI is InChI=1S/C12H28OSi.C7H18Si/c1-8-13-9-14(10(2)3,11(4)5)12(6)7;1-7(2,3)8(4,5)6/h10-12H,8-9H2,1-7H3;1-6H3. The van der Waals surface area contributed by atoms with Gasteiger partial charge in [0.15, 0.2) is 0 Å². The molecule has 0 saturated carbocycles. The molecule has 3 heteroatoms. The predicted octanol–water partition coefficient (Wildman–Crippen LogP) is 7.37. The van der Waals surface area contributed by atoms with Crippen molar-refractivity contribution in [2.24, 2.45) is 0 Å². The molecule has 0 spiro atoms. The van der Waals surface area contributed by atoms with Gasteiger partial charge in [0.25, 0.3) is 0 Å². The summed E-state index contributed by atoms with van der Waals surface area (Å²) in [4.78, 5) is 0. The lowest BCUT2D eigenvalue weighted by atomic mass is 10.2. The lowest BCUT2D eigenvalue weighted by Crippen LogP contribution is -2.49. The van der Waals surface area contributed by atoms with E-state index in [9.17, 15) is 0 Å². The van der Waals surface area contributed by atoms with Crippen LogP contribution in [0.3, 0.4) is 0 Å². The van der Waals surface area contributed by atoms with Gasteiger partial charge < -0.3 is 4.74 Å². The van der Waals surface area contributed by atoms with Gasteiger partial charge >= 0.3 is 0 Å². The van der Waals surface area contributed by atoms with Crippen molar-refractivity contribution >= 4 is 16.1 Å². The second-order valence-corrected chi connectivity index (χ2v) is 21.7. The third-order valence-corrected chi connectivity index (χ3v) is 17.7. The largest absolute Gasteiger partial charge is 0.385 e. The molecule has 1 nitrogen and oxygen atoms in total. The summed E-state index contributed by atoms with van der Waals surface area (Å²) in [5.41, 5.74) is 2.44. The molecule has 0 heterocycles. The minimum atomic E-state index is -1.27. The molecule has 0 rings (SSSR count). The molecular formula is C19H46OSi2. The number of ether oxygens (including phenoxy) is 1. The highest BCUT2D eigenvalue weighted by Gasteiger charge is 2.42. The Morgan fingerprint density at radius 1 is 0.773 bits per heavy atom. The van der Waals surface area contributed by atoms with Gasteiger partial charge in [0.05, 0.1) is 8.07 Å². The van der Waals surface area contributed by atoms with Crippen LogP contribution < -0.4 is 0 Å². The van der Waals surface area contributed by atoms with Crippen molar-refractivity contribution in [3.63, 3.8) is 0 Å². The molecule has 0 aliphatic rings. The molecule has 0 radical (unpaired) electrons. The molecule has 22 heavy (non-hydrogen) atoms. The third-order valence-electron chi connectivity index (χ3n) is 6.03. The van der Waals surface area contributed by atoms with E-state index >= 15 is 0 Å². The van der Waals surface area contributed by atoms with Crippen LogP contribution in [0.25, 0.3) is 0 Å². The summed E-state index contributed by atoms with van der Waals surface area (Å²) in [5, 5.41) is 0.576. The van der Waals surface area contributed by atoms with Gasteiger partial charge in [-0.3, -0.25) is 0 Å². The molecule has 0 aliphatic carbocycles. The predicted molar refractivity (Wildman–Crippen MR) is 111 cm³/mol. The fourth-order valence-electron chi connectivity index (χ4n) is 2.78. The zero-order valence-electron chi connectivity index (χ0n) is 18.1. The minimum absolute atomic E-state index is 0.576. The van der Waals surface area contributed by atoms with E-state index in [-0.39, 0.29) is 0 Å². The molecule has 0 aliphatic heterocycles. The lowest BCUT2D eigenvalue weighted by Gasteiger charge is -2.42. The van der Waals surface area contributed by atoms with Crippen molar-refractivity contribution in [1.29, 1.82) is 0 Å². The van der Waals surface area contributed by atoms with Gasteiger partial charge in [0.2, 0.25) is 0 Å². The van der Waals surface area contributed by atoms with Gasteiger partial charge in [-0.25, -0.2) is 0 Å². The Morgan fingerprint density at radius 3 is 1.18 bits per heavy atom. The quantitative estimate of drug-likeness (QED) is 0.456. The number of hydrogen-bond acceptors (Lipinski definition) is 1. The van der Waals surface area contributed by atoms with E-state index < -0.39 is 16.1 Å². The van der Waals surface area contributed by atoms with Crippen LogP contribution in [0.2, 0.25) is 41.3 Å². The summed E-state index contributed by atoms with van der Waals surface area (Å²) in [6.07, 6.45) is 1.04. The van der Waals surface area contributed by atoms with E-state index in [1.54, 1.807) is 0 Å². The molecule has 0 unspecified atom stereocenters. The maximum atomic E-state index is 5.74. The summed E-state index contributed by atoms with van der Waals surface area (Å²) >= 11 is 0. The molecular weight excluding hydrogens is 300 g/mol. The summed E-state index contributed by atoms with van der Waals surface area (Å²) < 4.78 is 5.74. The first-order valence-electron chi connectivity index (χ1n) is 9.22. The van der Waals surface area contributed by atoms with Gasteiger partial charge in [0.1, 0.15) is 0 Å². The molecule has 0 aromatic heterocycles. The van der Waals surface area contributed by atoms with Crippen molar-refractivity contribution in [1.82, 2.24) is 0 Å². The topological polar surface area (TPSA) is 9.23 Å². The van der Waals surface area contributed by atoms with Crippen LogP contribution in [0.4, 0.5) is 0 Å². The highest BCUT2D eigenvalue weighted by atomic mass is 28.3. The zero-order chi connectivity index (χ0) is 18.4. The first-order valence-corrected chi connectivity index (χ1v) is 15.2. The molecule has 0 aromatic carbocycles. The number of rotatable bonds is 6. The Kier molecular flexibility index (Phi) is 10.8. The minimum Gasteiger partial charge on any atom is -0.385 e. The van der Waals surface area contributed by atoms with E-state index in [1.165, 1.54) is 0 Å². The maximum absolute atomic E-state index is 5.74. The average molecular weight is 347 g/mol. The Balaban J connectivity index is 0. The van der Waals surface area contributed by atoms with Crippen molar-refractivity contribution in [3.05, 3.63) is 0 Å². The van der Waals surface area contributed by atoms with Gasteiger partial charge in [-0.1, -0.05) is 82.0 Å². The van der Waals surface area contributed by atoms with Crippen LogP contribution in [0.1, 0.15) is 69.2 Å². The van der Waals surface area contributed by atoms with E-state index in [2.05, 4.69) is 88.9 Å². The Labute approximate surface area is 144 Å². The summed E-state index contributed by atoms with van der Waals surface area (Å²) in [6.45, 7) is 31.5. The van der Waals surface area contributed by atoms with E-state index in [4.69, 9.17) is 4.74 Å². The summed E-state index contributed by atoms with van der Waals surface area (Å²) in [7, 11) is -2.13. The van der Waals surface area contributed by atoms with Crippen LogP contribution >= 0.6 is 0 Å². The van der Waals surface area contributed by atoms with Crippen LogP contribution in [0.15, 0.2) is 0 Å². The van der Waals surface area contributed by atoms with E-state index in [0.29, 0.717) is 5.04 Å². The second kappa shape index (κ2) is 9.63. The Hall–Kier alpha value is 0.394. The van der Waals surface area contributed by atoms with E-state index in [1.807, 2.05) is 0 Å². The summed E-state index contributed by atoms with van der Waals surface area (Å²) in [5.74, 6) is 0. The number of hydrogen-bond donors (Lipinski definition) is 0. The molecule has 0 fully saturated rings. The van der Waals surface area contributed by atoms with Crippen LogP contribution in [-0.2, 0) is 4.74 Å². The molecule has 136 valence electrons. The van der Waals surface area contributed by atoms with Gasteiger partial charge in [0, 0.05) is 20.9 Å². The lowest BCUT2D eigenvalue weighted by molar-refractivity contribution is 0.184. The van der Waals surface area contributed by atoms with Gasteiger partial charge in [-0.15, -0.1) is 0 Å². The van der Waals surface area contributed by atoms with Gasteiger partial charge in [-0.2, -0.15) is 0 Å². The maximum Gasteiger partial charge on any atom is 0.0912 e. The molecule has 0 amide bonds. The van der Waals surface area contributed by atoms with Crippen LogP contribution in [0, 0.1) is 0 Å². The van der Waals surface area contributed by atoms with E-state index in [0.717, 1.165) is 29.5 Å². The normalized spacial score (nSPS) is 13.6. The highest BCUT2D eigenvalue weighted by Crippen LogP contribution is 2.41. The first kappa shape index (κ1) is 24.6. The molecule has 0 atom stereocenters. The first-order chi connectivity index (χ1) is 9.64. The monoisotopic (exact) mass is 346 g/mol. The van der Waals surface area contributed by atoms with Crippen molar-refractivity contribution in [2.75, 3.05) is 12.8 Å². The molecule has 0 bridgehead atoms. The fourth-order valence-corrected chi connectivity index (χ4v) is 8.34. The van der Waals surface area contributed by atoms with Gasteiger partial charge in [-0.05, 0) is 28.6 Å². The zero-order valence-corrected chi connectivity index (χ0v) is 20.1. The second-order valence-electron chi connectivity index (χ2n) is 9.71.